The highest BCUT2D eigenvalue weighted by Gasteiger charge is 2.12. The van der Waals surface area contributed by atoms with E-state index in [9.17, 15) is 9.59 Å². The molecule has 2 rings (SSSR count). The van der Waals surface area contributed by atoms with Crippen molar-refractivity contribution in [3.63, 3.8) is 0 Å². The molecule has 0 fully saturated rings. The molecule has 4 heteroatoms. The van der Waals surface area contributed by atoms with Gasteiger partial charge in [-0.25, -0.2) is 4.79 Å². The first-order chi connectivity index (χ1) is 8.13. The second-order valence-electron chi connectivity index (χ2n) is 3.94. The summed E-state index contributed by atoms with van der Waals surface area (Å²) >= 11 is 0. The number of rotatable bonds is 4. The van der Waals surface area contributed by atoms with Gasteiger partial charge in [0.05, 0.1) is 5.56 Å². The number of ketones is 1. The maximum atomic E-state index is 11.7. The molecule has 0 aliphatic heterocycles. The Labute approximate surface area is 98.3 Å². The van der Waals surface area contributed by atoms with E-state index in [2.05, 4.69) is 4.98 Å². The largest absolute Gasteiger partial charge is 0.478 e. The van der Waals surface area contributed by atoms with Crippen molar-refractivity contribution in [3.05, 3.63) is 35.5 Å². The number of carbonyl (C=O) groups excluding carboxylic acids is 1. The highest BCUT2D eigenvalue weighted by Crippen LogP contribution is 2.20. The maximum Gasteiger partial charge on any atom is 0.337 e. The van der Waals surface area contributed by atoms with Gasteiger partial charge in [0.25, 0.3) is 0 Å². The van der Waals surface area contributed by atoms with E-state index in [0.29, 0.717) is 17.4 Å². The van der Waals surface area contributed by atoms with Crippen molar-refractivity contribution in [1.29, 1.82) is 0 Å². The van der Waals surface area contributed by atoms with Crippen LogP contribution in [0.2, 0.25) is 0 Å². The fraction of sp³-hybridized carbons (Fsp3) is 0.231. The summed E-state index contributed by atoms with van der Waals surface area (Å²) in [6, 6.07) is 5.11. The summed E-state index contributed by atoms with van der Waals surface area (Å²) in [5.74, 6) is -0.941. The minimum Gasteiger partial charge on any atom is -0.478 e. The van der Waals surface area contributed by atoms with Crippen molar-refractivity contribution >= 4 is 22.7 Å². The number of carboxylic acid groups (broad SMARTS) is 1. The molecule has 1 aromatic heterocycles. The topological polar surface area (TPSA) is 70.2 Å². The number of H-pyrrole nitrogens is 1. The minimum absolute atomic E-state index is 0.0481. The molecule has 1 heterocycles. The number of hydrogen-bond acceptors (Lipinski definition) is 2. The van der Waals surface area contributed by atoms with Crippen LogP contribution in [0.4, 0.5) is 0 Å². The molecular formula is C13H13NO3. The number of carboxylic acids is 1. The van der Waals surface area contributed by atoms with Crippen LogP contribution in [0.1, 0.15) is 40.5 Å². The summed E-state index contributed by atoms with van der Waals surface area (Å²) in [7, 11) is 0. The third-order valence-corrected chi connectivity index (χ3v) is 2.71. The van der Waals surface area contributed by atoms with E-state index in [1.165, 1.54) is 6.20 Å². The van der Waals surface area contributed by atoms with Gasteiger partial charge in [-0.05, 0) is 24.6 Å². The van der Waals surface area contributed by atoms with Gasteiger partial charge in [-0.3, -0.25) is 4.79 Å². The molecule has 0 unspecified atom stereocenters. The third kappa shape index (κ3) is 2.06. The molecule has 1 aromatic carbocycles. The van der Waals surface area contributed by atoms with Gasteiger partial charge < -0.3 is 10.1 Å². The van der Waals surface area contributed by atoms with Gasteiger partial charge in [0.1, 0.15) is 0 Å². The Morgan fingerprint density at radius 3 is 2.76 bits per heavy atom. The van der Waals surface area contributed by atoms with Crippen LogP contribution in [-0.4, -0.2) is 21.8 Å². The third-order valence-electron chi connectivity index (χ3n) is 2.71. The number of fused-ring (bicyclic) bond motifs is 1. The van der Waals surface area contributed by atoms with Gasteiger partial charge in [-0.15, -0.1) is 0 Å². The van der Waals surface area contributed by atoms with Crippen molar-refractivity contribution in [2.75, 3.05) is 0 Å². The first-order valence-corrected chi connectivity index (χ1v) is 5.51. The van der Waals surface area contributed by atoms with Gasteiger partial charge in [0.2, 0.25) is 0 Å². The van der Waals surface area contributed by atoms with Crippen molar-refractivity contribution in [2.24, 2.45) is 0 Å². The van der Waals surface area contributed by atoms with Crippen molar-refractivity contribution in [2.45, 2.75) is 19.8 Å². The molecule has 0 aliphatic rings. The Kier molecular flexibility index (Phi) is 2.95. The first kappa shape index (κ1) is 11.4. The number of aromatic carboxylic acids is 1. The molecular weight excluding hydrogens is 218 g/mol. The lowest BCUT2D eigenvalue weighted by atomic mass is 10.0. The van der Waals surface area contributed by atoms with Crippen molar-refractivity contribution in [1.82, 2.24) is 4.98 Å². The molecule has 0 spiro atoms. The average molecular weight is 231 g/mol. The monoisotopic (exact) mass is 231 g/mol. The van der Waals surface area contributed by atoms with E-state index in [1.54, 1.807) is 18.2 Å². The molecule has 0 saturated heterocycles. The Bertz CT molecular complexity index is 583. The second-order valence-corrected chi connectivity index (χ2v) is 3.94. The highest BCUT2D eigenvalue weighted by atomic mass is 16.4. The van der Waals surface area contributed by atoms with E-state index >= 15 is 0 Å². The van der Waals surface area contributed by atoms with Crippen molar-refractivity contribution in [3.8, 4) is 0 Å². The van der Waals surface area contributed by atoms with E-state index in [1.807, 2.05) is 6.92 Å². The Morgan fingerprint density at radius 1 is 1.35 bits per heavy atom. The van der Waals surface area contributed by atoms with Crippen molar-refractivity contribution < 1.29 is 14.7 Å². The second kappa shape index (κ2) is 4.41. The van der Waals surface area contributed by atoms with Crippen LogP contribution in [-0.2, 0) is 0 Å². The number of hydrogen-bond donors (Lipinski definition) is 2. The Balaban J connectivity index is 2.51. The zero-order valence-electron chi connectivity index (χ0n) is 9.49. The quantitative estimate of drug-likeness (QED) is 0.795. The van der Waals surface area contributed by atoms with Gasteiger partial charge in [0.15, 0.2) is 5.78 Å². The number of Topliss-reactive ketones (excluding diaryl/α,β-unsaturated/α-hetero) is 1. The number of benzene rings is 1. The lowest BCUT2D eigenvalue weighted by molar-refractivity contribution is 0.0698. The SMILES string of the molecule is CCCC(=O)c1ccc2[nH]cc(C(=O)O)c2c1. The molecule has 2 N–H and O–H groups in total. The van der Waals surface area contributed by atoms with E-state index < -0.39 is 5.97 Å². The first-order valence-electron chi connectivity index (χ1n) is 5.51. The molecule has 0 aliphatic carbocycles. The summed E-state index contributed by atoms with van der Waals surface area (Å²) in [5, 5.41) is 9.58. The van der Waals surface area contributed by atoms with Crippen LogP contribution >= 0.6 is 0 Å². The molecule has 0 saturated carbocycles. The average Bonchev–Trinajstić information content (AvgIpc) is 2.71. The van der Waals surface area contributed by atoms with Crippen LogP contribution in [0.3, 0.4) is 0 Å². The van der Waals surface area contributed by atoms with Gasteiger partial charge >= 0.3 is 5.97 Å². The van der Waals surface area contributed by atoms with E-state index in [0.717, 1.165) is 11.9 Å². The lowest BCUT2D eigenvalue weighted by Crippen LogP contribution is -1.99. The number of carbonyl (C=O) groups is 2. The Morgan fingerprint density at radius 2 is 2.12 bits per heavy atom. The van der Waals surface area contributed by atoms with E-state index in [-0.39, 0.29) is 11.3 Å². The molecule has 0 bridgehead atoms. The molecule has 17 heavy (non-hydrogen) atoms. The van der Waals surface area contributed by atoms with Gasteiger partial charge in [0, 0.05) is 29.1 Å². The number of aromatic amines is 1. The van der Waals surface area contributed by atoms with Crippen LogP contribution in [0, 0.1) is 0 Å². The fourth-order valence-corrected chi connectivity index (χ4v) is 1.84. The maximum absolute atomic E-state index is 11.7. The number of nitrogens with one attached hydrogen (secondary N) is 1. The summed E-state index contributed by atoms with van der Waals surface area (Å²) in [6.45, 7) is 1.94. The predicted molar refractivity (Wildman–Crippen MR) is 64.5 cm³/mol. The van der Waals surface area contributed by atoms with Crippen LogP contribution in [0.5, 0.6) is 0 Å². The molecule has 0 amide bonds. The summed E-state index contributed by atoms with van der Waals surface area (Å²) < 4.78 is 0. The predicted octanol–water partition coefficient (Wildman–Crippen LogP) is 2.85. The Hall–Kier alpha value is -2.10. The van der Waals surface area contributed by atoms with Crippen LogP contribution < -0.4 is 0 Å². The lowest BCUT2D eigenvalue weighted by Gasteiger charge is -2.00. The van der Waals surface area contributed by atoms with Gasteiger partial charge in [-0.2, -0.15) is 0 Å². The molecule has 88 valence electrons. The molecule has 0 radical (unpaired) electrons. The summed E-state index contributed by atoms with van der Waals surface area (Å²) in [6.07, 6.45) is 2.72. The van der Waals surface area contributed by atoms with Crippen LogP contribution in [0.15, 0.2) is 24.4 Å². The summed E-state index contributed by atoms with van der Waals surface area (Å²) in [4.78, 5) is 25.6. The van der Waals surface area contributed by atoms with Crippen LogP contribution in [0.25, 0.3) is 10.9 Å². The van der Waals surface area contributed by atoms with E-state index in [4.69, 9.17) is 5.11 Å². The smallest absolute Gasteiger partial charge is 0.337 e. The highest BCUT2D eigenvalue weighted by molar-refractivity contribution is 6.06. The minimum atomic E-state index is -0.989. The number of aromatic nitrogens is 1. The van der Waals surface area contributed by atoms with Gasteiger partial charge in [-0.1, -0.05) is 6.92 Å². The zero-order valence-corrected chi connectivity index (χ0v) is 9.49. The normalized spacial score (nSPS) is 10.6. The molecule has 0 atom stereocenters. The molecule has 2 aromatic rings. The summed E-state index contributed by atoms with van der Waals surface area (Å²) in [5.41, 5.74) is 1.50. The molecule has 4 nitrogen and oxygen atoms in total. The zero-order chi connectivity index (χ0) is 12.4. The fourth-order valence-electron chi connectivity index (χ4n) is 1.84. The standard InChI is InChI=1S/C13H13NO3/c1-2-3-12(15)8-4-5-11-9(6-8)10(7-14-11)13(16)17/h4-7,14H,2-3H2,1H3,(H,16,17).